The van der Waals surface area contributed by atoms with Gasteiger partial charge in [-0.1, -0.05) is 52.7 Å². The lowest BCUT2D eigenvalue weighted by molar-refractivity contribution is 0.148. The summed E-state index contributed by atoms with van der Waals surface area (Å²) in [6.45, 7) is 2.47. The Morgan fingerprint density at radius 1 is 1.21 bits per heavy atom. The number of halogens is 1. The van der Waals surface area contributed by atoms with Gasteiger partial charge in [0.15, 0.2) is 5.82 Å². The third-order valence-corrected chi connectivity index (χ3v) is 3.64. The van der Waals surface area contributed by atoms with Crippen molar-refractivity contribution in [2.24, 2.45) is 5.16 Å². The molecule has 0 amide bonds. The zero-order valence-electron chi connectivity index (χ0n) is 13.2. The maximum absolute atomic E-state index is 5.83. The molecular weight excluding hydrogens is 324 g/mol. The fourth-order valence-electron chi connectivity index (χ4n) is 2.16. The first-order valence-electron chi connectivity index (χ1n) is 7.60. The van der Waals surface area contributed by atoms with Gasteiger partial charge in [-0.15, -0.1) is 0 Å². The van der Waals surface area contributed by atoms with Crippen LogP contribution in [0.2, 0.25) is 5.02 Å². The van der Waals surface area contributed by atoms with Crippen LogP contribution >= 0.6 is 11.6 Å². The fourth-order valence-corrected chi connectivity index (χ4v) is 2.29. The number of nitrogens with one attached hydrogen (secondary N) is 1. The van der Waals surface area contributed by atoms with E-state index in [1.54, 1.807) is 6.21 Å². The molecule has 0 bridgehead atoms. The highest BCUT2D eigenvalue weighted by Gasteiger charge is 2.05. The number of H-pyrrole nitrogens is 1. The topological polar surface area (TPSA) is 63.2 Å². The molecule has 0 saturated heterocycles. The number of aryl methyl sites for hydroxylation is 1. The first-order valence-corrected chi connectivity index (χ1v) is 7.98. The standard InChI is InChI=1S/C18H17ClN4O/c1-13-3-2-4-15(11-13)18-21-17(22-23-18)9-10-24-20-12-14-5-7-16(19)8-6-14/h2-8,11-12H,9-10H2,1H3,(H,21,22,23)/b20-12+. The maximum Gasteiger partial charge on any atom is 0.181 e. The monoisotopic (exact) mass is 340 g/mol. The molecule has 3 aromatic rings. The zero-order valence-corrected chi connectivity index (χ0v) is 14.0. The van der Waals surface area contributed by atoms with Crippen molar-refractivity contribution in [2.45, 2.75) is 13.3 Å². The van der Waals surface area contributed by atoms with Gasteiger partial charge in [-0.2, -0.15) is 5.10 Å². The molecule has 122 valence electrons. The van der Waals surface area contributed by atoms with E-state index in [9.17, 15) is 0 Å². The quantitative estimate of drug-likeness (QED) is 0.418. The van der Waals surface area contributed by atoms with Crippen molar-refractivity contribution in [3.05, 3.63) is 70.5 Å². The Kier molecular flexibility index (Phi) is 5.23. The molecular formula is C18H17ClN4O. The number of nitrogens with zero attached hydrogens (tertiary/aromatic N) is 3. The van der Waals surface area contributed by atoms with E-state index in [0.29, 0.717) is 23.9 Å². The summed E-state index contributed by atoms with van der Waals surface area (Å²) in [5, 5.41) is 11.8. The van der Waals surface area contributed by atoms with Gasteiger partial charge in [0.2, 0.25) is 0 Å². The number of aromatic amines is 1. The molecule has 0 radical (unpaired) electrons. The minimum absolute atomic E-state index is 0.423. The van der Waals surface area contributed by atoms with Crippen LogP contribution in [-0.2, 0) is 11.3 Å². The van der Waals surface area contributed by atoms with Crippen molar-refractivity contribution in [3.8, 4) is 11.4 Å². The average Bonchev–Trinajstić information content (AvgIpc) is 3.05. The first-order chi connectivity index (χ1) is 11.7. The van der Waals surface area contributed by atoms with Gasteiger partial charge in [-0.3, -0.25) is 5.10 Å². The lowest BCUT2D eigenvalue weighted by atomic mass is 10.1. The number of oxime groups is 1. The molecule has 6 heteroatoms. The highest BCUT2D eigenvalue weighted by Crippen LogP contribution is 2.15. The van der Waals surface area contributed by atoms with Gasteiger partial charge in [-0.05, 0) is 30.7 Å². The summed E-state index contributed by atoms with van der Waals surface area (Å²) >= 11 is 5.83. The van der Waals surface area contributed by atoms with E-state index in [2.05, 4.69) is 26.4 Å². The second-order valence-corrected chi connectivity index (χ2v) is 5.78. The van der Waals surface area contributed by atoms with Gasteiger partial charge in [0, 0.05) is 17.0 Å². The largest absolute Gasteiger partial charge is 0.395 e. The fraction of sp³-hybridized carbons (Fsp3) is 0.167. The van der Waals surface area contributed by atoms with E-state index in [4.69, 9.17) is 16.4 Å². The van der Waals surface area contributed by atoms with Gasteiger partial charge >= 0.3 is 0 Å². The minimum atomic E-state index is 0.423. The molecule has 1 N–H and O–H groups in total. The molecule has 0 spiro atoms. The van der Waals surface area contributed by atoms with Crippen molar-refractivity contribution >= 4 is 17.8 Å². The number of aromatic nitrogens is 3. The molecule has 0 saturated carbocycles. The Morgan fingerprint density at radius 3 is 2.83 bits per heavy atom. The van der Waals surface area contributed by atoms with Gasteiger partial charge in [0.25, 0.3) is 0 Å². The molecule has 0 fully saturated rings. The molecule has 1 heterocycles. The Hall–Kier alpha value is -2.66. The molecule has 0 aliphatic rings. The van der Waals surface area contributed by atoms with Gasteiger partial charge in [0.05, 0.1) is 6.21 Å². The lowest BCUT2D eigenvalue weighted by Gasteiger charge is -1.97. The first kappa shape index (κ1) is 16.2. The second kappa shape index (κ2) is 7.75. The van der Waals surface area contributed by atoms with E-state index in [0.717, 1.165) is 17.0 Å². The van der Waals surface area contributed by atoms with Crippen LogP contribution in [0.5, 0.6) is 0 Å². The van der Waals surface area contributed by atoms with Crippen molar-refractivity contribution in [1.29, 1.82) is 0 Å². The lowest BCUT2D eigenvalue weighted by Crippen LogP contribution is -1.96. The summed E-state index contributed by atoms with van der Waals surface area (Å²) in [5.41, 5.74) is 3.11. The van der Waals surface area contributed by atoms with Crippen molar-refractivity contribution in [1.82, 2.24) is 15.2 Å². The number of rotatable bonds is 6. The van der Waals surface area contributed by atoms with Crippen molar-refractivity contribution in [2.75, 3.05) is 6.61 Å². The highest BCUT2D eigenvalue weighted by molar-refractivity contribution is 6.30. The summed E-state index contributed by atoms with van der Waals surface area (Å²) in [6.07, 6.45) is 2.26. The second-order valence-electron chi connectivity index (χ2n) is 5.34. The van der Waals surface area contributed by atoms with Crippen LogP contribution in [0.4, 0.5) is 0 Å². The Bertz CT molecular complexity index is 827. The van der Waals surface area contributed by atoms with Crippen LogP contribution in [0.15, 0.2) is 53.7 Å². The Morgan fingerprint density at radius 2 is 2.04 bits per heavy atom. The van der Waals surface area contributed by atoms with E-state index >= 15 is 0 Å². The number of benzene rings is 2. The summed E-state index contributed by atoms with van der Waals surface area (Å²) in [4.78, 5) is 9.73. The van der Waals surface area contributed by atoms with E-state index in [1.807, 2.05) is 49.4 Å². The molecule has 0 atom stereocenters. The molecule has 24 heavy (non-hydrogen) atoms. The average molecular weight is 341 g/mol. The maximum atomic E-state index is 5.83. The predicted molar refractivity (Wildman–Crippen MR) is 95.3 cm³/mol. The minimum Gasteiger partial charge on any atom is -0.395 e. The van der Waals surface area contributed by atoms with E-state index in [1.165, 1.54) is 5.56 Å². The molecule has 0 aliphatic carbocycles. The zero-order chi connectivity index (χ0) is 16.8. The van der Waals surface area contributed by atoms with Gasteiger partial charge in [-0.25, -0.2) is 4.98 Å². The Labute approximate surface area is 145 Å². The number of hydrogen-bond donors (Lipinski definition) is 1. The molecule has 3 rings (SSSR count). The predicted octanol–water partition coefficient (Wildman–Crippen LogP) is 4.03. The summed E-state index contributed by atoms with van der Waals surface area (Å²) in [7, 11) is 0. The third kappa shape index (κ3) is 4.43. The smallest absolute Gasteiger partial charge is 0.181 e. The van der Waals surface area contributed by atoms with Crippen LogP contribution in [0.25, 0.3) is 11.4 Å². The van der Waals surface area contributed by atoms with E-state index in [-0.39, 0.29) is 0 Å². The summed E-state index contributed by atoms with van der Waals surface area (Å²) in [6, 6.07) is 15.5. The van der Waals surface area contributed by atoms with Gasteiger partial charge in [0.1, 0.15) is 12.4 Å². The van der Waals surface area contributed by atoms with Crippen molar-refractivity contribution in [3.63, 3.8) is 0 Å². The molecule has 2 aromatic carbocycles. The van der Waals surface area contributed by atoms with E-state index < -0.39 is 0 Å². The van der Waals surface area contributed by atoms with Crippen LogP contribution < -0.4 is 0 Å². The molecule has 1 aromatic heterocycles. The molecule has 0 aliphatic heterocycles. The molecule has 5 nitrogen and oxygen atoms in total. The Balaban J connectivity index is 1.50. The van der Waals surface area contributed by atoms with Crippen LogP contribution in [0, 0.1) is 6.92 Å². The van der Waals surface area contributed by atoms with Crippen LogP contribution in [0.3, 0.4) is 0 Å². The summed E-state index contributed by atoms with van der Waals surface area (Å²) in [5.74, 6) is 1.46. The van der Waals surface area contributed by atoms with Crippen LogP contribution in [0.1, 0.15) is 17.0 Å². The third-order valence-electron chi connectivity index (χ3n) is 3.38. The summed E-state index contributed by atoms with van der Waals surface area (Å²) < 4.78 is 0. The van der Waals surface area contributed by atoms with Gasteiger partial charge < -0.3 is 4.84 Å². The molecule has 0 unspecified atom stereocenters. The SMILES string of the molecule is Cc1cccc(-c2n[nH]c(CCO/N=C/c3ccc(Cl)cc3)n2)c1. The number of hydrogen-bond acceptors (Lipinski definition) is 4. The highest BCUT2D eigenvalue weighted by atomic mass is 35.5. The normalized spacial score (nSPS) is 11.1. The van der Waals surface area contributed by atoms with Crippen LogP contribution in [-0.4, -0.2) is 28.0 Å². The van der Waals surface area contributed by atoms with Crippen molar-refractivity contribution < 1.29 is 4.84 Å².